The minimum Gasteiger partial charge on any atom is -0.486 e. The smallest absolute Gasteiger partial charge is 0.277 e. The molecule has 146 valence electrons. The third kappa shape index (κ3) is 3.84. The highest BCUT2D eigenvalue weighted by atomic mass is 16.6. The van der Waals surface area contributed by atoms with Gasteiger partial charge in [0.2, 0.25) is 5.91 Å². The van der Waals surface area contributed by atoms with E-state index in [1.54, 1.807) is 6.07 Å². The molecule has 3 aliphatic rings. The summed E-state index contributed by atoms with van der Waals surface area (Å²) in [6.07, 6.45) is 0.955. The van der Waals surface area contributed by atoms with Gasteiger partial charge in [0.15, 0.2) is 11.5 Å². The fourth-order valence-corrected chi connectivity index (χ4v) is 4.02. The van der Waals surface area contributed by atoms with E-state index < -0.39 is 4.92 Å². The molecule has 4 rings (SSSR count). The van der Waals surface area contributed by atoms with Gasteiger partial charge in [-0.25, -0.2) is 0 Å². The number of carbonyl (C=O) groups excluding carboxylic acids is 1. The van der Waals surface area contributed by atoms with Gasteiger partial charge in [0.25, 0.3) is 5.69 Å². The van der Waals surface area contributed by atoms with Crippen LogP contribution in [0.5, 0.6) is 11.5 Å². The van der Waals surface area contributed by atoms with Crippen molar-refractivity contribution < 1.29 is 19.2 Å². The average molecular weight is 376 g/mol. The lowest BCUT2D eigenvalue weighted by atomic mass is 10.1. The van der Waals surface area contributed by atoms with Crippen LogP contribution in [0.4, 0.5) is 5.69 Å². The molecule has 2 fully saturated rings. The Morgan fingerprint density at radius 3 is 2.59 bits per heavy atom. The summed E-state index contributed by atoms with van der Waals surface area (Å²) in [5.74, 6) is 0.756. The van der Waals surface area contributed by atoms with Crippen LogP contribution in [-0.2, 0) is 11.2 Å². The summed E-state index contributed by atoms with van der Waals surface area (Å²) in [7, 11) is 0. The molecule has 9 nitrogen and oxygen atoms in total. The molecule has 27 heavy (non-hydrogen) atoms. The number of nitro benzene ring substituents is 1. The van der Waals surface area contributed by atoms with Crippen LogP contribution in [-0.4, -0.2) is 79.2 Å². The largest absolute Gasteiger partial charge is 0.486 e. The summed E-state index contributed by atoms with van der Waals surface area (Å²) in [6, 6.07) is 3.32. The molecular formula is C18H24N4O5. The van der Waals surface area contributed by atoms with E-state index >= 15 is 0 Å². The van der Waals surface area contributed by atoms with Crippen molar-refractivity contribution in [3.8, 4) is 11.5 Å². The molecule has 0 bridgehead atoms. The van der Waals surface area contributed by atoms with Crippen molar-refractivity contribution in [2.24, 2.45) is 0 Å². The van der Waals surface area contributed by atoms with Gasteiger partial charge in [0.05, 0.1) is 17.4 Å². The number of nitro groups is 1. The topological polar surface area (TPSA) is 97.2 Å². The first-order chi connectivity index (χ1) is 13.1. The van der Waals surface area contributed by atoms with E-state index in [1.165, 1.54) is 6.07 Å². The third-order valence-electron chi connectivity index (χ3n) is 5.47. The molecule has 1 amide bonds. The zero-order valence-electron chi connectivity index (χ0n) is 15.2. The predicted molar refractivity (Wildman–Crippen MR) is 97.2 cm³/mol. The number of fused-ring (bicyclic) bond motifs is 1. The molecule has 3 heterocycles. The average Bonchev–Trinajstić information content (AvgIpc) is 3.18. The zero-order chi connectivity index (χ0) is 18.8. The van der Waals surface area contributed by atoms with Gasteiger partial charge in [-0.05, 0) is 12.5 Å². The molecule has 0 radical (unpaired) electrons. The number of hydrogen-bond donors (Lipinski definition) is 1. The Kier molecular flexibility index (Phi) is 5.13. The fourth-order valence-electron chi connectivity index (χ4n) is 4.02. The number of hydrogen-bond acceptors (Lipinski definition) is 7. The molecule has 0 spiro atoms. The minimum atomic E-state index is -0.464. The van der Waals surface area contributed by atoms with Crippen LogP contribution in [0.25, 0.3) is 0 Å². The first-order valence-corrected chi connectivity index (χ1v) is 9.41. The highest BCUT2D eigenvalue weighted by Gasteiger charge is 2.32. The number of benzene rings is 1. The summed E-state index contributed by atoms with van der Waals surface area (Å²) in [5, 5.41) is 14.8. The third-order valence-corrected chi connectivity index (χ3v) is 5.47. The number of ether oxygens (including phenoxy) is 2. The van der Waals surface area contributed by atoms with Gasteiger partial charge in [0, 0.05) is 50.9 Å². The molecule has 0 aliphatic carbocycles. The Balaban J connectivity index is 1.45. The number of carbonyl (C=O) groups is 1. The Morgan fingerprint density at radius 2 is 1.89 bits per heavy atom. The van der Waals surface area contributed by atoms with Crippen LogP contribution in [0.15, 0.2) is 12.1 Å². The number of rotatable bonds is 4. The maximum atomic E-state index is 12.8. The van der Waals surface area contributed by atoms with Crippen molar-refractivity contribution >= 4 is 11.6 Å². The summed E-state index contributed by atoms with van der Waals surface area (Å²) in [4.78, 5) is 28.0. The SMILES string of the molecule is O=C(Cc1cc2c(cc1[N+](=O)[O-])OCCO2)N1CCC(N2CCNCC2)C1. The number of nitrogens with zero attached hydrogens (tertiary/aromatic N) is 3. The van der Waals surface area contributed by atoms with Crippen LogP contribution < -0.4 is 14.8 Å². The molecule has 3 aliphatic heterocycles. The summed E-state index contributed by atoms with van der Waals surface area (Å²) < 4.78 is 10.9. The molecule has 1 aromatic carbocycles. The lowest BCUT2D eigenvalue weighted by molar-refractivity contribution is -0.385. The van der Waals surface area contributed by atoms with Gasteiger partial charge in [0.1, 0.15) is 13.2 Å². The fraction of sp³-hybridized carbons (Fsp3) is 0.611. The molecular weight excluding hydrogens is 352 g/mol. The van der Waals surface area contributed by atoms with Gasteiger partial charge in [-0.3, -0.25) is 19.8 Å². The van der Waals surface area contributed by atoms with Crippen molar-refractivity contribution in [2.75, 3.05) is 52.5 Å². The molecule has 2 saturated heterocycles. The summed E-state index contributed by atoms with van der Waals surface area (Å²) >= 11 is 0. The van der Waals surface area contributed by atoms with E-state index in [-0.39, 0.29) is 18.0 Å². The number of likely N-dealkylation sites (tertiary alicyclic amines) is 1. The van der Waals surface area contributed by atoms with Crippen LogP contribution >= 0.6 is 0 Å². The molecule has 0 aromatic heterocycles. The Bertz CT molecular complexity index is 735. The van der Waals surface area contributed by atoms with Gasteiger partial charge in [-0.1, -0.05) is 0 Å². The van der Waals surface area contributed by atoms with E-state index in [4.69, 9.17) is 9.47 Å². The maximum absolute atomic E-state index is 12.8. The van der Waals surface area contributed by atoms with E-state index in [9.17, 15) is 14.9 Å². The van der Waals surface area contributed by atoms with Gasteiger partial charge in [-0.15, -0.1) is 0 Å². The number of nitrogens with one attached hydrogen (secondary N) is 1. The quantitative estimate of drug-likeness (QED) is 0.601. The highest BCUT2D eigenvalue weighted by molar-refractivity contribution is 5.81. The van der Waals surface area contributed by atoms with Crippen LogP contribution in [0.2, 0.25) is 0 Å². The first-order valence-electron chi connectivity index (χ1n) is 9.41. The molecule has 1 unspecified atom stereocenters. The standard InChI is InChI=1S/C18H24N4O5/c23-18(21-4-1-14(12-21)20-5-2-19-3-6-20)10-13-9-16-17(27-8-7-26-16)11-15(13)22(24)25/h9,11,14,19H,1-8,10,12H2. The zero-order valence-corrected chi connectivity index (χ0v) is 15.2. The molecule has 1 atom stereocenters. The van der Waals surface area contributed by atoms with Gasteiger partial charge >= 0.3 is 0 Å². The van der Waals surface area contributed by atoms with Gasteiger partial charge < -0.3 is 19.7 Å². The molecule has 1 N–H and O–H groups in total. The normalized spacial score (nSPS) is 22.7. The maximum Gasteiger partial charge on any atom is 0.277 e. The Labute approximate surface area is 157 Å². The van der Waals surface area contributed by atoms with Gasteiger partial charge in [-0.2, -0.15) is 0 Å². The minimum absolute atomic E-state index is 0.00122. The molecule has 0 saturated carbocycles. The molecule has 1 aromatic rings. The van der Waals surface area contributed by atoms with Crippen LogP contribution in [0.1, 0.15) is 12.0 Å². The van der Waals surface area contributed by atoms with Crippen molar-refractivity contribution in [1.29, 1.82) is 0 Å². The Hall–Kier alpha value is -2.39. The number of amides is 1. The van der Waals surface area contributed by atoms with Crippen molar-refractivity contribution in [2.45, 2.75) is 18.9 Å². The second-order valence-electron chi connectivity index (χ2n) is 7.13. The van der Waals surface area contributed by atoms with E-state index in [0.717, 1.165) is 32.6 Å². The Morgan fingerprint density at radius 1 is 1.19 bits per heavy atom. The first kappa shape index (κ1) is 18.0. The second kappa shape index (κ2) is 7.69. The lowest BCUT2D eigenvalue weighted by Crippen LogP contribution is -2.49. The van der Waals surface area contributed by atoms with Crippen LogP contribution in [0.3, 0.4) is 0 Å². The van der Waals surface area contributed by atoms with Crippen molar-refractivity contribution in [3.63, 3.8) is 0 Å². The highest BCUT2D eigenvalue weighted by Crippen LogP contribution is 2.37. The van der Waals surface area contributed by atoms with Crippen molar-refractivity contribution in [3.05, 3.63) is 27.8 Å². The van der Waals surface area contributed by atoms with E-state index in [1.807, 2.05) is 4.90 Å². The predicted octanol–water partition coefficient (Wildman–Crippen LogP) is 0.415. The van der Waals surface area contributed by atoms with Crippen LogP contribution in [0, 0.1) is 10.1 Å². The summed E-state index contributed by atoms with van der Waals surface area (Å²) in [6.45, 7) is 6.12. The van der Waals surface area contributed by atoms with Crippen molar-refractivity contribution in [1.82, 2.24) is 15.1 Å². The summed E-state index contributed by atoms with van der Waals surface area (Å²) in [5.41, 5.74) is 0.283. The number of piperazine rings is 1. The second-order valence-corrected chi connectivity index (χ2v) is 7.13. The van der Waals surface area contributed by atoms with E-state index in [2.05, 4.69) is 10.2 Å². The monoisotopic (exact) mass is 376 g/mol. The van der Waals surface area contributed by atoms with E-state index in [0.29, 0.717) is 49.4 Å². The lowest BCUT2D eigenvalue weighted by Gasteiger charge is -2.32. The molecule has 9 heteroatoms.